The van der Waals surface area contributed by atoms with Crippen LogP contribution in [0.15, 0.2) is 6.07 Å². The van der Waals surface area contributed by atoms with Crippen LogP contribution in [0.1, 0.15) is 41.0 Å². The molecule has 5 heteroatoms. The van der Waals surface area contributed by atoms with E-state index in [0.29, 0.717) is 17.8 Å². The molecule has 1 atom stereocenters. The standard InChI is InChI=1S/C14H22N4O/c1-9-7-12(13(14(16)19)10(2)17-9)18-6-4-3-5-11(18)8-15/h7,11H,3-6,8,15H2,1-2H3,(H2,16,19). The van der Waals surface area contributed by atoms with Crippen LogP contribution < -0.4 is 16.4 Å². The van der Waals surface area contributed by atoms with Gasteiger partial charge in [-0.2, -0.15) is 0 Å². The number of aromatic nitrogens is 1. The maximum Gasteiger partial charge on any atom is 0.252 e. The molecule has 1 saturated heterocycles. The van der Waals surface area contributed by atoms with Gasteiger partial charge in [-0.05, 0) is 39.2 Å². The van der Waals surface area contributed by atoms with E-state index in [4.69, 9.17) is 11.5 Å². The molecular weight excluding hydrogens is 240 g/mol. The maximum atomic E-state index is 11.7. The van der Waals surface area contributed by atoms with Gasteiger partial charge >= 0.3 is 0 Å². The van der Waals surface area contributed by atoms with Crippen molar-refractivity contribution >= 4 is 11.6 Å². The van der Waals surface area contributed by atoms with Gasteiger partial charge in [0.2, 0.25) is 0 Å². The van der Waals surface area contributed by atoms with Crippen LogP contribution >= 0.6 is 0 Å². The second-order valence-electron chi connectivity index (χ2n) is 5.19. The van der Waals surface area contributed by atoms with Gasteiger partial charge in [0.05, 0.1) is 16.9 Å². The fraction of sp³-hybridized carbons (Fsp3) is 0.571. The Morgan fingerprint density at radius 2 is 2.21 bits per heavy atom. The molecule has 0 aromatic carbocycles. The zero-order chi connectivity index (χ0) is 14.0. The number of rotatable bonds is 3. The predicted octanol–water partition coefficient (Wildman–Crippen LogP) is 1.11. The topological polar surface area (TPSA) is 85.2 Å². The molecular formula is C14H22N4O. The Hall–Kier alpha value is -1.62. The summed E-state index contributed by atoms with van der Waals surface area (Å²) < 4.78 is 0. The summed E-state index contributed by atoms with van der Waals surface area (Å²) in [4.78, 5) is 18.3. The number of pyridine rings is 1. The molecule has 1 amide bonds. The van der Waals surface area contributed by atoms with Crippen molar-refractivity contribution in [2.75, 3.05) is 18.0 Å². The molecule has 0 saturated carbocycles. The monoisotopic (exact) mass is 262 g/mol. The smallest absolute Gasteiger partial charge is 0.252 e. The Balaban J connectivity index is 2.50. The van der Waals surface area contributed by atoms with Gasteiger partial charge in [0.15, 0.2) is 0 Å². The van der Waals surface area contributed by atoms with E-state index in [2.05, 4.69) is 9.88 Å². The molecule has 1 aliphatic rings. The van der Waals surface area contributed by atoms with Gasteiger partial charge in [0.25, 0.3) is 5.91 Å². The van der Waals surface area contributed by atoms with E-state index in [-0.39, 0.29) is 6.04 Å². The van der Waals surface area contributed by atoms with Gasteiger partial charge in [-0.15, -0.1) is 0 Å². The van der Waals surface area contributed by atoms with Crippen molar-refractivity contribution < 1.29 is 4.79 Å². The lowest BCUT2D eigenvalue weighted by Gasteiger charge is -2.38. The minimum absolute atomic E-state index is 0.285. The van der Waals surface area contributed by atoms with Gasteiger partial charge in [-0.25, -0.2) is 0 Å². The minimum atomic E-state index is -0.415. The largest absolute Gasteiger partial charge is 0.367 e. The molecule has 2 heterocycles. The average Bonchev–Trinajstić information content (AvgIpc) is 2.37. The third-order valence-corrected chi connectivity index (χ3v) is 3.76. The third-order valence-electron chi connectivity index (χ3n) is 3.76. The van der Waals surface area contributed by atoms with E-state index in [1.807, 2.05) is 19.9 Å². The first-order valence-corrected chi connectivity index (χ1v) is 6.79. The number of hydrogen-bond acceptors (Lipinski definition) is 4. The second-order valence-corrected chi connectivity index (χ2v) is 5.19. The Bertz CT molecular complexity index is 487. The highest BCUT2D eigenvalue weighted by Gasteiger charge is 2.26. The molecule has 5 nitrogen and oxygen atoms in total. The number of nitrogens with zero attached hydrogens (tertiary/aromatic N) is 2. The van der Waals surface area contributed by atoms with Gasteiger partial charge in [-0.1, -0.05) is 0 Å². The summed E-state index contributed by atoms with van der Waals surface area (Å²) in [6, 6.07) is 2.23. The number of piperidine rings is 1. The SMILES string of the molecule is Cc1cc(N2CCCCC2CN)c(C(N)=O)c(C)n1. The van der Waals surface area contributed by atoms with E-state index in [1.54, 1.807) is 0 Å². The van der Waals surface area contributed by atoms with Crippen molar-refractivity contribution in [1.82, 2.24) is 4.98 Å². The van der Waals surface area contributed by atoms with Crippen LogP contribution in [0.5, 0.6) is 0 Å². The van der Waals surface area contributed by atoms with Gasteiger partial charge in [0.1, 0.15) is 0 Å². The first-order chi connectivity index (χ1) is 9.04. The Labute approximate surface area is 114 Å². The van der Waals surface area contributed by atoms with Crippen molar-refractivity contribution in [1.29, 1.82) is 0 Å². The number of carbonyl (C=O) groups excluding carboxylic acids is 1. The van der Waals surface area contributed by atoms with E-state index in [9.17, 15) is 4.79 Å². The van der Waals surface area contributed by atoms with Gasteiger partial charge < -0.3 is 16.4 Å². The van der Waals surface area contributed by atoms with Crippen LogP contribution in [0.4, 0.5) is 5.69 Å². The summed E-state index contributed by atoms with van der Waals surface area (Å²) in [5.74, 6) is -0.415. The quantitative estimate of drug-likeness (QED) is 0.854. The third kappa shape index (κ3) is 2.71. The molecule has 1 fully saturated rings. The van der Waals surface area contributed by atoms with Crippen molar-refractivity contribution in [3.63, 3.8) is 0 Å². The van der Waals surface area contributed by atoms with Crippen molar-refractivity contribution in [3.8, 4) is 0 Å². The normalized spacial score (nSPS) is 19.5. The number of anilines is 1. The molecule has 1 aliphatic heterocycles. The van der Waals surface area contributed by atoms with Crippen molar-refractivity contribution in [2.24, 2.45) is 11.5 Å². The summed E-state index contributed by atoms with van der Waals surface area (Å²) in [6.45, 7) is 5.28. The van der Waals surface area contributed by atoms with Crippen LogP contribution in [0.25, 0.3) is 0 Å². The molecule has 0 aliphatic carbocycles. The summed E-state index contributed by atoms with van der Waals surface area (Å²) in [5, 5.41) is 0. The predicted molar refractivity (Wildman–Crippen MR) is 76.3 cm³/mol. The summed E-state index contributed by atoms with van der Waals surface area (Å²) in [5.41, 5.74) is 14.4. The first-order valence-electron chi connectivity index (χ1n) is 6.79. The maximum absolute atomic E-state index is 11.7. The highest BCUT2D eigenvalue weighted by Crippen LogP contribution is 2.29. The van der Waals surface area contributed by atoms with Crippen molar-refractivity contribution in [2.45, 2.75) is 39.2 Å². The highest BCUT2D eigenvalue weighted by atomic mass is 16.1. The molecule has 4 N–H and O–H groups in total. The van der Waals surface area contributed by atoms with Gasteiger partial charge in [-0.3, -0.25) is 9.78 Å². The highest BCUT2D eigenvalue weighted by molar-refractivity contribution is 5.99. The fourth-order valence-corrected chi connectivity index (χ4v) is 2.90. The zero-order valence-electron chi connectivity index (χ0n) is 11.6. The van der Waals surface area contributed by atoms with Crippen LogP contribution in [-0.2, 0) is 0 Å². The number of hydrogen-bond donors (Lipinski definition) is 2. The van der Waals surface area contributed by atoms with Crippen LogP contribution in [0.2, 0.25) is 0 Å². The number of carbonyl (C=O) groups is 1. The number of aryl methyl sites for hydroxylation is 2. The molecule has 1 unspecified atom stereocenters. The van der Waals surface area contributed by atoms with Crippen molar-refractivity contribution in [3.05, 3.63) is 23.0 Å². The van der Waals surface area contributed by atoms with E-state index < -0.39 is 5.91 Å². The molecule has 0 spiro atoms. The summed E-state index contributed by atoms with van der Waals surface area (Å²) >= 11 is 0. The number of nitrogens with two attached hydrogens (primary N) is 2. The van der Waals surface area contributed by atoms with E-state index in [0.717, 1.165) is 30.8 Å². The Kier molecular flexibility index (Phi) is 4.04. The van der Waals surface area contributed by atoms with Crippen LogP contribution in [0.3, 0.4) is 0 Å². The minimum Gasteiger partial charge on any atom is -0.367 e. The fourth-order valence-electron chi connectivity index (χ4n) is 2.90. The average molecular weight is 262 g/mol. The molecule has 0 bridgehead atoms. The molecule has 19 heavy (non-hydrogen) atoms. The summed E-state index contributed by atoms with van der Waals surface area (Å²) in [6.07, 6.45) is 3.37. The Morgan fingerprint density at radius 3 is 2.84 bits per heavy atom. The zero-order valence-corrected chi connectivity index (χ0v) is 11.6. The first kappa shape index (κ1) is 13.8. The lowest BCUT2D eigenvalue weighted by Crippen LogP contribution is -2.45. The number of primary amides is 1. The van der Waals surface area contributed by atoms with E-state index in [1.165, 1.54) is 6.42 Å². The van der Waals surface area contributed by atoms with Crippen LogP contribution in [-0.4, -0.2) is 30.0 Å². The molecule has 2 rings (SSSR count). The molecule has 0 radical (unpaired) electrons. The summed E-state index contributed by atoms with van der Waals surface area (Å²) in [7, 11) is 0. The lowest BCUT2D eigenvalue weighted by molar-refractivity contribution is 0.0999. The van der Waals surface area contributed by atoms with Gasteiger partial charge in [0, 0.05) is 24.8 Å². The van der Waals surface area contributed by atoms with Crippen LogP contribution in [0, 0.1) is 13.8 Å². The number of amides is 1. The molecule has 1 aromatic heterocycles. The molecule has 1 aromatic rings. The van der Waals surface area contributed by atoms with E-state index >= 15 is 0 Å². The lowest BCUT2D eigenvalue weighted by atomic mass is 9.99. The second kappa shape index (κ2) is 5.57. The Morgan fingerprint density at radius 1 is 1.47 bits per heavy atom. The molecule has 104 valence electrons.